The van der Waals surface area contributed by atoms with E-state index < -0.39 is 11.7 Å². The van der Waals surface area contributed by atoms with Crippen LogP contribution in [0.5, 0.6) is 0 Å². The number of hydrogen-bond donors (Lipinski definition) is 0. The molecular formula is C17H10F3NO. The Morgan fingerprint density at radius 2 is 1.59 bits per heavy atom. The van der Waals surface area contributed by atoms with Crippen LogP contribution in [-0.4, -0.2) is 10.8 Å². The summed E-state index contributed by atoms with van der Waals surface area (Å²) >= 11 is 0. The number of aromatic nitrogens is 1. The quantitative estimate of drug-likeness (QED) is 0.653. The first kappa shape index (κ1) is 14.3. The van der Waals surface area contributed by atoms with Gasteiger partial charge in [0.25, 0.3) is 0 Å². The van der Waals surface area contributed by atoms with Crippen LogP contribution in [0.4, 0.5) is 13.2 Å². The predicted molar refractivity (Wildman–Crippen MR) is 76.6 cm³/mol. The fraction of sp³-hybridized carbons (Fsp3) is 0.0588. The van der Waals surface area contributed by atoms with E-state index in [-0.39, 0.29) is 11.3 Å². The average Bonchev–Trinajstić information content (AvgIpc) is 2.53. The number of ketones is 1. The number of halogens is 3. The second kappa shape index (κ2) is 5.26. The number of para-hydroxylation sites is 1. The summed E-state index contributed by atoms with van der Waals surface area (Å²) in [5.41, 5.74) is 0.524. The van der Waals surface area contributed by atoms with Crippen LogP contribution in [0, 0.1) is 0 Å². The summed E-state index contributed by atoms with van der Waals surface area (Å²) in [7, 11) is 0. The number of carbonyl (C=O) groups excluding carboxylic acids is 1. The van der Waals surface area contributed by atoms with Gasteiger partial charge in [-0.1, -0.05) is 30.3 Å². The SMILES string of the molecule is O=C(c1ccc(C(F)(F)F)cc1)c1cnc2ccccc2c1. The summed E-state index contributed by atoms with van der Waals surface area (Å²) in [6.45, 7) is 0. The molecule has 0 aliphatic carbocycles. The van der Waals surface area contributed by atoms with E-state index >= 15 is 0 Å². The lowest BCUT2D eigenvalue weighted by Gasteiger charge is -2.07. The molecule has 5 heteroatoms. The fourth-order valence-corrected chi connectivity index (χ4v) is 2.17. The first-order valence-electron chi connectivity index (χ1n) is 6.52. The van der Waals surface area contributed by atoms with Gasteiger partial charge in [0.1, 0.15) is 0 Å². The van der Waals surface area contributed by atoms with Crippen molar-refractivity contribution in [3.05, 3.63) is 77.5 Å². The van der Waals surface area contributed by atoms with E-state index in [0.29, 0.717) is 5.56 Å². The smallest absolute Gasteiger partial charge is 0.289 e. The van der Waals surface area contributed by atoms with Crippen LogP contribution in [0.25, 0.3) is 10.9 Å². The Hall–Kier alpha value is -2.69. The molecule has 0 fully saturated rings. The average molecular weight is 301 g/mol. The van der Waals surface area contributed by atoms with Crippen molar-refractivity contribution >= 4 is 16.7 Å². The molecule has 1 heterocycles. The third-order valence-corrected chi connectivity index (χ3v) is 3.33. The van der Waals surface area contributed by atoms with E-state index in [2.05, 4.69) is 4.98 Å². The standard InChI is InChI=1S/C17H10F3NO/c18-17(19,20)14-7-5-11(6-8-14)16(22)13-9-12-3-1-2-4-15(12)21-10-13/h1-10H. The molecule has 3 rings (SSSR count). The minimum Gasteiger partial charge on any atom is -0.289 e. The van der Waals surface area contributed by atoms with Gasteiger partial charge in [-0.3, -0.25) is 9.78 Å². The van der Waals surface area contributed by atoms with Gasteiger partial charge >= 0.3 is 6.18 Å². The Kier molecular flexibility index (Phi) is 3.41. The molecule has 2 nitrogen and oxygen atoms in total. The van der Waals surface area contributed by atoms with E-state index in [9.17, 15) is 18.0 Å². The van der Waals surface area contributed by atoms with Gasteiger partial charge in [0, 0.05) is 22.7 Å². The molecule has 0 saturated heterocycles. The van der Waals surface area contributed by atoms with Crippen LogP contribution < -0.4 is 0 Å². The van der Waals surface area contributed by atoms with Gasteiger partial charge in [-0.25, -0.2) is 0 Å². The van der Waals surface area contributed by atoms with Gasteiger partial charge in [0.15, 0.2) is 5.78 Å². The molecule has 110 valence electrons. The summed E-state index contributed by atoms with van der Waals surface area (Å²) in [6, 6.07) is 13.2. The molecule has 0 spiro atoms. The molecule has 0 radical (unpaired) electrons. The highest BCUT2D eigenvalue weighted by molar-refractivity contribution is 6.10. The summed E-state index contributed by atoms with van der Waals surface area (Å²) in [6.07, 6.45) is -2.98. The van der Waals surface area contributed by atoms with E-state index in [1.54, 1.807) is 6.07 Å². The third-order valence-electron chi connectivity index (χ3n) is 3.33. The maximum Gasteiger partial charge on any atom is 0.416 e. The van der Waals surface area contributed by atoms with Gasteiger partial charge in [-0.05, 0) is 24.3 Å². The van der Waals surface area contributed by atoms with E-state index in [1.165, 1.54) is 18.3 Å². The van der Waals surface area contributed by atoms with Crippen molar-refractivity contribution in [2.45, 2.75) is 6.18 Å². The maximum absolute atomic E-state index is 12.5. The summed E-state index contributed by atoms with van der Waals surface area (Å²) in [4.78, 5) is 16.5. The van der Waals surface area contributed by atoms with Crippen molar-refractivity contribution < 1.29 is 18.0 Å². The first-order valence-corrected chi connectivity index (χ1v) is 6.52. The van der Waals surface area contributed by atoms with Gasteiger partial charge in [-0.15, -0.1) is 0 Å². The molecule has 0 N–H and O–H groups in total. The van der Waals surface area contributed by atoms with Gasteiger partial charge in [-0.2, -0.15) is 13.2 Å². The number of alkyl halides is 3. The zero-order chi connectivity index (χ0) is 15.7. The van der Waals surface area contributed by atoms with Gasteiger partial charge in [0.2, 0.25) is 0 Å². The van der Waals surface area contributed by atoms with Crippen molar-refractivity contribution in [2.75, 3.05) is 0 Å². The summed E-state index contributed by atoms with van der Waals surface area (Å²) in [5.74, 6) is -0.355. The zero-order valence-corrected chi connectivity index (χ0v) is 11.3. The third kappa shape index (κ3) is 2.70. The number of fused-ring (bicyclic) bond motifs is 1. The van der Waals surface area contributed by atoms with Crippen molar-refractivity contribution in [1.82, 2.24) is 4.98 Å². The topological polar surface area (TPSA) is 30.0 Å². The monoisotopic (exact) mass is 301 g/mol. The first-order chi connectivity index (χ1) is 10.4. The van der Waals surface area contributed by atoms with Crippen LogP contribution in [-0.2, 0) is 6.18 Å². The number of rotatable bonds is 2. The van der Waals surface area contributed by atoms with Crippen molar-refractivity contribution in [3.8, 4) is 0 Å². The van der Waals surface area contributed by atoms with Crippen LogP contribution >= 0.6 is 0 Å². The lowest BCUT2D eigenvalue weighted by Crippen LogP contribution is -2.06. The van der Waals surface area contributed by atoms with Crippen molar-refractivity contribution in [2.24, 2.45) is 0 Å². The highest BCUT2D eigenvalue weighted by atomic mass is 19.4. The molecular weight excluding hydrogens is 291 g/mol. The number of nitrogens with zero attached hydrogens (tertiary/aromatic N) is 1. The van der Waals surface area contributed by atoms with Crippen molar-refractivity contribution in [1.29, 1.82) is 0 Å². The minimum absolute atomic E-state index is 0.199. The van der Waals surface area contributed by atoms with Crippen molar-refractivity contribution in [3.63, 3.8) is 0 Å². The molecule has 2 aromatic carbocycles. The second-order valence-electron chi connectivity index (χ2n) is 4.82. The normalized spacial score (nSPS) is 11.6. The Morgan fingerprint density at radius 3 is 2.27 bits per heavy atom. The molecule has 22 heavy (non-hydrogen) atoms. The summed E-state index contributed by atoms with van der Waals surface area (Å²) in [5, 5.41) is 0.806. The lowest BCUT2D eigenvalue weighted by atomic mass is 10.0. The Labute approximate surface area is 124 Å². The van der Waals surface area contributed by atoms with Crippen LogP contribution in [0.3, 0.4) is 0 Å². The number of carbonyl (C=O) groups is 1. The Balaban J connectivity index is 1.95. The number of benzene rings is 2. The predicted octanol–water partition coefficient (Wildman–Crippen LogP) is 4.48. The highest BCUT2D eigenvalue weighted by Crippen LogP contribution is 2.29. The number of hydrogen-bond acceptors (Lipinski definition) is 2. The van der Waals surface area contributed by atoms with Gasteiger partial charge < -0.3 is 0 Å². The van der Waals surface area contributed by atoms with Gasteiger partial charge in [0.05, 0.1) is 11.1 Å². The maximum atomic E-state index is 12.5. The molecule has 1 aromatic heterocycles. The van der Waals surface area contributed by atoms with E-state index in [1.807, 2.05) is 24.3 Å². The molecule has 0 atom stereocenters. The summed E-state index contributed by atoms with van der Waals surface area (Å²) < 4.78 is 37.6. The fourth-order valence-electron chi connectivity index (χ4n) is 2.17. The zero-order valence-electron chi connectivity index (χ0n) is 11.3. The molecule has 0 amide bonds. The Bertz CT molecular complexity index is 838. The molecule has 3 aromatic rings. The molecule has 0 unspecified atom stereocenters. The molecule has 0 aliphatic heterocycles. The minimum atomic E-state index is -4.41. The van der Waals surface area contributed by atoms with E-state index in [4.69, 9.17) is 0 Å². The van der Waals surface area contributed by atoms with E-state index in [0.717, 1.165) is 23.0 Å². The Morgan fingerprint density at radius 1 is 0.909 bits per heavy atom. The second-order valence-corrected chi connectivity index (χ2v) is 4.82. The van der Waals surface area contributed by atoms with Crippen LogP contribution in [0.1, 0.15) is 21.5 Å². The van der Waals surface area contributed by atoms with Crippen LogP contribution in [0.15, 0.2) is 60.8 Å². The molecule has 0 saturated carbocycles. The molecule has 0 aliphatic rings. The molecule has 0 bridgehead atoms. The number of pyridine rings is 1. The van der Waals surface area contributed by atoms with Crippen LogP contribution in [0.2, 0.25) is 0 Å². The highest BCUT2D eigenvalue weighted by Gasteiger charge is 2.30. The lowest BCUT2D eigenvalue weighted by molar-refractivity contribution is -0.137. The largest absolute Gasteiger partial charge is 0.416 e.